The summed E-state index contributed by atoms with van der Waals surface area (Å²) in [7, 11) is 0. The molecule has 1 amide bonds. The third-order valence-corrected chi connectivity index (χ3v) is 4.60. The molecule has 8 heteroatoms. The number of carboxylic acids is 1. The van der Waals surface area contributed by atoms with E-state index in [-0.39, 0.29) is 22.3 Å². The molecule has 0 aromatic heterocycles. The zero-order chi connectivity index (χ0) is 15.6. The smallest absolute Gasteiger partial charge is 0.311 e. The van der Waals surface area contributed by atoms with Gasteiger partial charge in [0.2, 0.25) is 0 Å². The molecule has 0 saturated heterocycles. The first-order chi connectivity index (χ1) is 9.87. The molecule has 2 N–H and O–H groups in total. The van der Waals surface area contributed by atoms with Crippen molar-refractivity contribution in [3.05, 3.63) is 38.3 Å². The number of nitrogens with one attached hydrogen (secondary N) is 1. The number of aliphatic carboxylic acids is 1. The van der Waals surface area contributed by atoms with Gasteiger partial charge in [-0.25, -0.2) is 0 Å². The largest absolute Gasteiger partial charge is 0.481 e. The number of carboxylic acid groups (broad SMARTS) is 1. The second-order valence-electron chi connectivity index (χ2n) is 5.02. The maximum absolute atomic E-state index is 12.1. The van der Waals surface area contributed by atoms with Crippen LogP contribution in [0.5, 0.6) is 0 Å². The lowest BCUT2D eigenvalue weighted by molar-refractivity contribution is -0.385. The van der Waals surface area contributed by atoms with Crippen molar-refractivity contribution < 1.29 is 19.6 Å². The summed E-state index contributed by atoms with van der Waals surface area (Å²) in [4.78, 5) is 33.5. The van der Waals surface area contributed by atoms with Gasteiger partial charge in [-0.15, -0.1) is 0 Å². The lowest BCUT2D eigenvalue weighted by Crippen LogP contribution is -2.47. The molecule has 0 aliphatic heterocycles. The number of rotatable bonds is 5. The van der Waals surface area contributed by atoms with Crippen LogP contribution in [-0.2, 0) is 4.79 Å². The van der Waals surface area contributed by atoms with Crippen LogP contribution in [0.25, 0.3) is 0 Å². The van der Waals surface area contributed by atoms with E-state index < -0.39 is 22.2 Å². The fourth-order valence-electron chi connectivity index (χ4n) is 2.25. The molecule has 1 fully saturated rings. The molecule has 1 aliphatic rings. The maximum atomic E-state index is 12.1. The minimum atomic E-state index is -0.924. The lowest BCUT2D eigenvalue weighted by Gasteiger charge is -2.37. The number of nitro benzene ring substituents is 1. The number of nitro groups is 1. The van der Waals surface area contributed by atoms with Crippen LogP contribution in [0.4, 0.5) is 5.69 Å². The van der Waals surface area contributed by atoms with Crippen LogP contribution in [-0.4, -0.2) is 28.5 Å². The Kier molecular flexibility index (Phi) is 4.26. The van der Waals surface area contributed by atoms with E-state index in [1.165, 1.54) is 18.2 Å². The van der Waals surface area contributed by atoms with E-state index in [0.717, 1.165) is 6.42 Å². The minimum Gasteiger partial charge on any atom is -0.481 e. The number of hydrogen-bond acceptors (Lipinski definition) is 4. The van der Waals surface area contributed by atoms with Gasteiger partial charge in [-0.2, -0.15) is 0 Å². The Balaban J connectivity index is 2.13. The monoisotopic (exact) mass is 356 g/mol. The van der Waals surface area contributed by atoms with Crippen LogP contribution in [0.15, 0.2) is 22.7 Å². The van der Waals surface area contributed by atoms with Crippen molar-refractivity contribution in [3.8, 4) is 0 Å². The van der Waals surface area contributed by atoms with Gasteiger partial charge in [-0.3, -0.25) is 19.7 Å². The van der Waals surface area contributed by atoms with Crippen molar-refractivity contribution in [2.24, 2.45) is 5.41 Å². The Morgan fingerprint density at radius 2 is 2.10 bits per heavy atom. The summed E-state index contributed by atoms with van der Waals surface area (Å²) < 4.78 is 0.0884. The van der Waals surface area contributed by atoms with E-state index in [1.54, 1.807) is 0 Å². The van der Waals surface area contributed by atoms with Crippen molar-refractivity contribution in [1.29, 1.82) is 0 Å². The van der Waals surface area contributed by atoms with Crippen molar-refractivity contribution in [3.63, 3.8) is 0 Å². The Bertz CT molecular complexity index is 613. The van der Waals surface area contributed by atoms with E-state index in [0.29, 0.717) is 12.8 Å². The minimum absolute atomic E-state index is 0.0241. The molecule has 1 aromatic carbocycles. The molecule has 112 valence electrons. The molecule has 0 unspecified atom stereocenters. The standard InChI is InChI=1S/C13H13BrN2O5/c14-10-8(3-1-4-9(10)16(20)21)11(17)15-7-13(12(18)19)5-2-6-13/h1,3-4H,2,5-7H2,(H,15,17)(H,18,19). The average molecular weight is 357 g/mol. The number of benzene rings is 1. The first-order valence-corrected chi connectivity index (χ1v) is 7.11. The van der Waals surface area contributed by atoms with Gasteiger partial charge in [0, 0.05) is 12.6 Å². The topological polar surface area (TPSA) is 110 Å². The van der Waals surface area contributed by atoms with E-state index in [4.69, 9.17) is 0 Å². The van der Waals surface area contributed by atoms with Gasteiger partial charge in [0.05, 0.1) is 15.9 Å². The predicted octanol–water partition coefficient (Wildman–Crippen LogP) is 2.34. The fourth-order valence-corrected chi connectivity index (χ4v) is 2.84. The molecule has 1 aliphatic carbocycles. The summed E-state index contributed by atoms with van der Waals surface area (Å²) in [5, 5.41) is 22.6. The molecule has 0 spiro atoms. The molecule has 1 aromatic rings. The SMILES string of the molecule is O=C(NCC1(C(=O)O)CCC1)c1cccc([N+](=O)[O-])c1Br. The zero-order valence-electron chi connectivity index (χ0n) is 11.0. The third-order valence-electron chi connectivity index (χ3n) is 3.77. The molecule has 0 bridgehead atoms. The van der Waals surface area contributed by atoms with Crippen molar-refractivity contribution in [1.82, 2.24) is 5.32 Å². The first-order valence-electron chi connectivity index (χ1n) is 6.32. The van der Waals surface area contributed by atoms with E-state index in [9.17, 15) is 24.8 Å². The summed E-state index contributed by atoms with van der Waals surface area (Å²) in [5.74, 6) is -1.45. The van der Waals surface area contributed by atoms with Gasteiger partial charge in [-0.05, 0) is 34.8 Å². The highest BCUT2D eigenvalue weighted by Gasteiger charge is 2.44. The fraction of sp³-hybridized carbons (Fsp3) is 0.385. The molecule has 0 heterocycles. The number of carbonyl (C=O) groups is 2. The van der Waals surface area contributed by atoms with Crippen molar-refractivity contribution in [2.45, 2.75) is 19.3 Å². The summed E-state index contributed by atoms with van der Waals surface area (Å²) in [6.45, 7) is 0.0241. The summed E-state index contributed by atoms with van der Waals surface area (Å²) >= 11 is 3.04. The number of halogens is 1. The summed E-state index contributed by atoms with van der Waals surface area (Å²) in [6, 6.07) is 4.14. The van der Waals surface area contributed by atoms with Crippen molar-refractivity contribution >= 4 is 33.5 Å². The van der Waals surface area contributed by atoms with Gasteiger partial charge in [0.1, 0.15) is 4.47 Å². The van der Waals surface area contributed by atoms with Crippen molar-refractivity contribution in [2.75, 3.05) is 6.54 Å². The second-order valence-corrected chi connectivity index (χ2v) is 5.81. The summed E-state index contributed by atoms with van der Waals surface area (Å²) in [6.07, 6.45) is 1.88. The van der Waals surface area contributed by atoms with E-state index in [1.807, 2.05) is 0 Å². The highest BCUT2D eigenvalue weighted by atomic mass is 79.9. The lowest BCUT2D eigenvalue weighted by atomic mass is 9.69. The van der Waals surface area contributed by atoms with Gasteiger partial charge >= 0.3 is 5.97 Å². The average Bonchev–Trinajstić information content (AvgIpc) is 2.36. The van der Waals surface area contributed by atoms with Gasteiger partial charge in [-0.1, -0.05) is 12.5 Å². The van der Waals surface area contributed by atoms with Crippen LogP contribution < -0.4 is 5.32 Å². The van der Waals surface area contributed by atoms with Crippen LogP contribution in [0.2, 0.25) is 0 Å². The predicted molar refractivity (Wildman–Crippen MR) is 77.0 cm³/mol. The Labute approximate surface area is 128 Å². The molecule has 0 radical (unpaired) electrons. The highest BCUT2D eigenvalue weighted by molar-refractivity contribution is 9.10. The third kappa shape index (κ3) is 2.90. The number of amides is 1. The van der Waals surface area contributed by atoms with Crippen LogP contribution in [0.3, 0.4) is 0 Å². The molecule has 21 heavy (non-hydrogen) atoms. The van der Waals surface area contributed by atoms with Gasteiger partial charge < -0.3 is 10.4 Å². The number of nitrogens with zero attached hydrogens (tertiary/aromatic N) is 1. The quantitative estimate of drug-likeness (QED) is 0.621. The Morgan fingerprint density at radius 3 is 2.57 bits per heavy atom. The van der Waals surface area contributed by atoms with E-state index in [2.05, 4.69) is 21.2 Å². The first kappa shape index (κ1) is 15.4. The molecular formula is C13H13BrN2O5. The van der Waals surface area contributed by atoms with E-state index >= 15 is 0 Å². The highest BCUT2D eigenvalue weighted by Crippen LogP contribution is 2.40. The normalized spacial score (nSPS) is 15.9. The molecule has 0 atom stereocenters. The number of carbonyl (C=O) groups excluding carboxylic acids is 1. The Morgan fingerprint density at radius 1 is 1.43 bits per heavy atom. The second kappa shape index (κ2) is 5.80. The van der Waals surface area contributed by atoms with Gasteiger partial charge in [0.25, 0.3) is 11.6 Å². The molecule has 2 rings (SSSR count). The summed E-state index contributed by atoms with van der Waals surface area (Å²) in [5.41, 5.74) is -0.994. The van der Waals surface area contributed by atoms with Crippen LogP contribution >= 0.6 is 15.9 Å². The maximum Gasteiger partial charge on any atom is 0.311 e. The zero-order valence-corrected chi connectivity index (χ0v) is 12.6. The Hall–Kier alpha value is -1.96. The number of hydrogen-bond donors (Lipinski definition) is 2. The molecule has 1 saturated carbocycles. The van der Waals surface area contributed by atoms with Crippen LogP contribution in [0.1, 0.15) is 29.6 Å². The van der Waals surface area contributed by atoms with Gasteiger partial charge in [0.15, 0.2) is 0 Å². The van der Waals surface area contributed by atoms with Crippen LogP contribution in [0, 0.1) is 15.5 Å². The molecule has 7 nitrogen and oxygen atoms in total. The molecular weight excluding hydrogens is 344 g/mol.